The largest absolute Gasteiger partial charge is 0.394 e. The molecule has 4 fully saturated rings. The lowest BCUT2D eigenvalue weighted by Crippen LogP contribution is -2.66. The van der Waals surface area contributed by atoms with Crippen molar-refractivity contribution in [3.63, 3.8) is 0 Å². The molecule has 4 aliphatic heterocycles. The maximum absolute atomic E-state index is 11.1. The highest BCUT2D eigenvalue weighted by Gasteiger charge is 2.54. The molecule has 0 aromatic heterocycles. The summed E-state index contributed by atoms with van der Waals surface area (Å²) < 4.78 is 50.8. The second-order valence-corrected chi connectivity index (χ2v) is 11.4. The van der Waals surface area contributed by atoms with Crippen LogP contribution >= 0.6 is 0 Å². The number of aliphatic hydroxyl groups is 9. The van der Waals surface area contributed by atoms with E-state index in [2.05, 4.69) is 0 Å². The lowest BCUT2D eigenvalue weighted by Gasteiger charge is -2.49. The van der Waals surface area contributed by atoms with Gasteiger partial charge in [0.15, 0.2) is 25.2 Å². The zero-order valence-electron chi connectivity index (χ0n) is 24.8. The van der Waals surface area contributed by atoms with E-state index in [9.17, 15) is 46.0 Å². The van der Waals surface area contributed by atoms with Crippen molar-refractivity contribution in [1.82, 2.24) is 0 Å². The third-order valence-electron chi connectivity index (χ3n) is 8.50. The molecule has 0 unspecified atom stereocenters. The Hall–Kier alpha value is -0.720. The van der Waals surface area contributed by atoms with Crippen LogP contribution in [0.5, 0.6) is 0 Å². The van der Waals surface area contributed by atoms with E-state index in [0.29, 0.717) is 0 Å². The van der Waals surface area contributed by atoms with Gasteiger partial charge in [-0.15, -0.1) is 0 Å². The fraction of sp³-hybridized carbons (Fsp3) is 1.00. The molecule has 0 aromatic carbocycles. The maximum atomic E-state index is 11.1. The lowest BCUT2D eigenvalue weighted by molar-refractivity contribution is -0.383. The Labute approximate surface area is 253 Å². The van der Waals surface area contributed by atoms with Gasteiger partial charge in [0.05, 0.1) is 31.5 Å². The van der Waals surface area contributed by atoms with Gasteiger partial charge in [0.1, 0.15) is 73.2 Å². The van der Waals surface area contributed by atoms with E-state index in [-0.39, 0.29) is 6.42 Å². The van der Waals surface area contributed by atoms with Gasteiger partial charge in [0.2, 0.25) is 0 Å². The van der Waals surface area contributed by atoms with Crippen LogP contribution in [0.25, 0.3) is 0 Å². The van der Waals surface area contributed by atoms with E-state index in [1.54, 1.807) is 13.8 Å². The highest BCUT2D eigenvalue weighted by atomic mass is 16.8. The van der Waals surface area contributed by atoms with Gasteiger partial charge in [-0.3, -0.25) is 0 Å². The standard InChI is InChI=1S/C26H46O18/c1-8-20(10(36-3)5-13(29)38-8)42-26-19(35)23(37-4)21(9(2)39-26)43-25-18(34)16(32)22(12(7-28)41-25)44-24-17(33)15(31)14(30)11(6-27)40-24/h8-35H,5-7H2,1-4H3/t8-,9-,10-,11-,12-,13-,14-,15+,16-,17-,18-,19-,20-,21-,22-,23-,24+,25+,26+/m1/s1. The molecule has 0 spiro atoms. The average molecular weight is 647 g/mol. The normalized spacial score (nSPS) is 52.2. The van der Waals surface area contributed by atoms with E-state index >= 15 is 0 Å². The summed E-state index contributed by atoms with van der Waals surface area (Å²) in [5.41, 5.74) is 0. The van der Waals surface area contributed by atoms with Gasteiger partial charge in [-0.2, -0.15) is 0 Å². The minimum absolute atomic E-state index is 0.135. The van der Waals surface area contributed by atoms with Crippen LogP contribution in [-0.4, -0.2) is 190 Å². The second kappa shape index (κ2) is 15.5. The molecule has 258 valence electrons. The molecule has 4 heterocycles. The molecule has 0 radical (unpaired) electrons. The average Bonchev–Trinajstić information content (AvgIpc) is 3.00. The van der Waals surface area contributed by atoms with Crippen molar-refractivity contribution in [3.8, 4) is 0 Å². The summed E-state index contributed by atoms with van der Waals surface area (Å²) in [5, 5.41) is 92.7. The van der Waals surface area contributed by atoms with Crippen molar-refractivity contribution < 1.29 is 88.6 Å². The molecule has 4 saturated heterocycles. The van der Waals surface area contributed by atoms with E-state index in [1.807, 2.05) is 0 Å². The molecule has 4 aliphatic rings. The minimum atomic E-state index is -1.81. The number of aliphatic hydroxyl groups excluding tert-OH is 9. The molecule has 18 nitrogen and oxygen atoms in total. The molecular weight excluding hydrogens is 600 g/mol. The van der Waals surface area contributed by atoms with Gasteiger partial charge < -0.3 is 88.6 Å². The van der Waals surface area contributed by atoms with Gasteiger partial charge >= 0.3 is 0 Å². The van der Waals surface area contributed by atoms with E-state index in [4.69, 9.17) is 42.6 Å². The Morgan fingerprint density at radius 2 is 1.05 bits per heavy atom. The molecule has 0 saturated carbocycles. The van der Waals surface area contributed by atoms with Gasteiger partial charge in [0, 0.05) is 20.6 Å². The number of methoxy groups -OCH3 is 2. The summed E-state index contributed by atoms with van der Waals surface area (Å²) >= 11 is 0. The van der Waals surface area contributed by atoms with Gasteiger partial charge in [-0.1, -0.05) is 0 Å². The van der Waals surface area contributed by atoms with Crippen molar-refractivity contribution in [2.45, 2.75) is 137 Å². The molecular formula is C26H46O18. The third-order valence-corrected chi connectivity index (χ3v) is 8.50. The summed E-state index contributed by atoms with van der Waals surface area (Å²) in [4.78, 5) is 0. The maximum Gasteiger partial charge on any atom is 0.187 e. The predicted molar refractivity (Wildman–Crippen MR) is 139 cm³/mol. The Morgan fingerprint density at radius 3 is 1.64 bits per heavy atom. The van der Waals surface area contributed by atoms with Crippen LogP contribution in [-0.2, 0) is 42.6 Å². The van der Waals surface area contributed by atoms with E-state index in [1.165, 1.54) is 14.2 Å². The SMILES string of the molecule is CO[C@@H]1[C@@H](O)[C@H](O[C@@H]2[C@@H](C)O[C@@H](O)C[C@H]2OC)O[C@H](C)[C@H]1O[C@@H]1O[C@H](CO)[C@@H](O[C@@H]2O[C@H](CO)[C@@H](O)[C@H](O)[C@H]2O)[C@H](O)[C@H]1O. The van der Waals surface area contributed by atoms with Gasteiger partial charge in [-0.05, 0) is 13.8 Å². The highest BCUT2D eigenvalue weighted by molar-refractivity contribution is 4.97. The van der Waals surface area contributed by atoms with Crippen molar-refractivity contribution >= 4 is 0 Å². The topological polar surface area (TPSA) is 265 Å². The van der Waals surface area contributed by atoms with Gasteiger partial charge in [0.25, 0.3) is 0 Å². The molecule has 9 N–H and O–H groups in total. The summed E-state index contributed by atoms with van der Waals surface area (Å²) in [6.07, 6.45) is -24.8. The van der Waals surface area contributed by atoms with Crippen molar-refractivity contribution in [3.05, 3.63) is 0 Å². The fourth-order valence-electron chi connectivity index (χ4n) is 5.98. The minimum Gasteiger partial charge on any atom is -0.394 e. The number of hydrogen-bond donors (Lipinski definition) is 9. The van der Waals surface area contributed by atoms with E-state index < -0.39 is 130 Å². The van der Waals surface area contributed by atoms with Crippen molar-refractivity contribution in [2.75, 3.05) is 27.4 Å². The molecule has 4 rings (SSSR count). The second-order valence-electron chi connectivity index (χ2n) is 11.4. The van der Waals surface area contributed by atoms with Crippen LogP contribution in [0, 0.1) is 0 Å². The summed E-state index contributed by atoms with van der Waals surface area (Å²) in [6.45, 7) is 1.79. The zero-order valence-corrected chi connectivity index (χ0v) is 24.8. The Balaban J connectivity index is 1.42. The van der Waals surface area contributed by atoms with Crippen LogP contribution in [0.2, 0.25) is 0 Å². The molecule has 0 bridgehead atoms. The van der Waals surface area contributed by atoms with Crippen LogP contribution < -0.4 is 0 Å². The number of rotatable bonds is 10. The van der Waals surface area contributed by atoms with Crippen LogP contribution in [0.4, 0.5) is 0 Å². The Kier molecular flexibility index (Phi) is 12.7. The number of hydrogen-bond acceptors (Lipinski definition) is 18. The van der Waals surface area contributed by atoms with Crippen LogP contribution in [0.3, 0.4) is 0 Å². The first kappa shape index (κ1) is 36.1. The highest BCUT2D eigenvalue weighted by Crippen LogP contribution is 2.34. The van der Waals surface area contributed by atoms with Crippen molar-refractivity contribution in [2.24, 2.45) is 0 Å². The molecule has 18 heteroatoms. The Morgan fingerprint density at radius 1 is 0.523 bits per heavy atom. The zero-order chi connectivity index (χ0) is 32.5. The molecule has 19 atom stereocenters. The van der Waals surface area contributed by atoms with E-state index in [0.717, 1.165) is 0 Å². The smallest absolute Gasteiger partial charge is 0.187 e. The van der Waals surface area contributed by atoms with Gasteiger partial charge in [-0.25, -0.2) is 0 Å². The summed E-state index contributed by atoms with van der Waals surface area (Å²) in [7, 11) is 2.77. The molecule has 0 amide bonds. The predicted octanol–water partition coefficient (Wildman–Crippen LogP) is -5.36. The lowest BCUT2D eigenvalue weighted by atomic mass is 9.96. The summed E-state index contributed by atoms with van der Waals surface area (Å²) in [5.74, 6) is 0. The summed E-state index contributed by atoms with van der Waals surface area (Å²) in [6, 6.07) is 0. The first-order valence-corrected chi connectivity index (χ1v) is 14.5. The van der Waals surface area contributed by atoms with Crippen LogP contribution in [0.15, 0.2) is 0 Å². The quantitative estimate of drug-likeness (QED) is 0.107. The third kappa shape index (κ3) is 7.38. The number of ether oxygens (including phenoxy) is 9. The van der Waals surface area contributed by atoms with Crippen molar-refractivity contribution in [1.29, 1.82) is 0 Å². The molecule has 44 heavy (non-hydrogen) atoms. The fourth-order valence-corrected chi connectivity index (χ4v) is 5.98. The molecule has 0 aromatic rings. The molecule has 0 aliphatic carbocycles. The van der Waals surface area contributed by atoms with Crippen LogP contribution in [0.1, 0.15) is 20.3 Å². The monoisotopic (exact) mass is 646 g/mol. The first-order valence-electron chi connectivity index (χ1n) is 14.5. The Bertz CT molecular complexity index is 882. The first-order chi connectivity index (χ1) is 20.9.